The van der Waals surface area contributed by atoms with Gasteiger partial charge in [0.15, 0.2) is 8.32 Å². The summed E-state index contributed by atoms with van der Waals surface area (Å²) in [7, 11) is -2.36. The zero-order chi connectivity index (χ0) is 35.0. The largest absolute Gasteiger partial charge is 0.455 e. The lowest BCUT2D eigenvalue weighted by Crippen LogP contribution is -2.49. The van der Waals surface area contributed by atoms with Crippen LogP contribution in [0.25, 0.3) is 0 Å². The van der Waals surface area contributed by atoms with Gasteiger partial charge < -0.3 is 18.6 Å². The maximum atomic E-state index is 13.9. The molecule has 2 aliphatic heterocycles. The predicted octanol–water partition coefficient (Wildman–Crippen LogP) is 9.46. The molecule has 1 unspecified atom stereocenters. The van der Waals surface area contributed by atoms with Crippen molar-refractivity contribution in [2.45, 2.75) is 134 Å². The van der Waals surface area contributed by atoms with Crippen LogP contribution in [0.15, 0.2) is 18.2 Å². The van der Waals surface area contributed by atoms with Crippen molar-refractivity contribution in [3.63, 3.8) is 0 Å². The third-order valence-electron chi connectivity index (χ3n) is 11.6. The van der Waals surface area contributed by atoms with Crippen molar-refractivity contribution in [3.8, 4) is 6.07 Å². The first-order valence-electron chi connectivity index (χ1n) is 17.1. The van der Waals surface area contributed by atoms with Crippen LogP contribution in [0.3, 0.4) is 0 Å². The van der Waals surface area contributed by atoms with E-state index >= 15 is 0 Å². The van der Waals surface area contributed by atoms with Gasteiger partial charge in [-0.3, -0.25) is 9.78 Å². The van der Waals surface area contributed by atoms with E-state index in [4.69, 9.17) is 23.6 Å². The molecule has 4 aliphatic rings. The highest BCUT2D eigenvalue weighted by molar-refractivity contribution is 6.74. The van der Waals surface area contributed by atoms with Crippen molar-refractivity contribution in [1.29, 1.82) is 5.26 Å². The smallest absolute Gasteiger partial charge is 0.417 e. The summed E-state index contributed by atoms with van der Waals surface area (Å²) in [6.07, 6.45) is -1.73. The van der Waals surface area contributed by atoms with Crippen molar-refractivity contribution in [1.82, 2.24) is 4.98 Å². The lowest BCUT2D eigenvalue weighted by Gasteiger charge is -2.54. The number of nitriles is 1. The van der Waals surface area contributed by atoms with Crippen molar-refractivity contribution in [3.05, 3.63) is 63.0 Å². The Morgan fingerprint density at radius 1 is 1.10 bits per heavy atom. The number of ether oxygens (including phenoxy) is 3. The number of pyridine rings is 1. The quantitative estimate of drug-likeness (QED) is 0.229. The standard InChI is InChI=1S/C37H47F3N2O5Si/c1-21(2)30-28-29(36(14-16-44-17-15-36)46-32(28)23-10-11-25(37(38,39)40)24(18-23)20-41)27-26(47-48(7,8)34(4,5)6)19-35(12-9-13-35)33(31(27)42-30)45-22(3)43/h10-11,18,21,26,32-33H,9,12-17,19H2,1-8H3/t26?,32-,33+/m1/s1. The number of carbonyl (C=O) groups is 1. The number of aromatic nitrogens is 1. The van der Waals surface area contributed by atoms with E-state index in [9.17, 15) is 23.2 Å². The van der Waals surface area contributed by atoms with Gasteiger partial charge in [-0.2, -0.15) is 18.4 Å². The molecule has 2 aromatic rings. The van der Waals surface area contributed by atoms with Crippen LogP contribution in [0.1, 0.15) is 149 Å². The number of fused-ring (bicyclic) bond motifs is 4. The van der Waals surface area contributed by atoms with Crippen LogP contribution in [-0.4, -0.2) is 32.5 Å². The van der Waals surface area contributed by atoms with Crippen molar-refractivity contribution >= 4 is 14.3 Å². The summed E-state index contributed by atoms with van der Waals surface area (Å²) in [6, 6.07) is 5.48. The fourth-order valence-electron chi connectivity index (χ4n) is 8.03. The van der Waals surface area contributed by atoms with Crippen LogP contribution in [-0.2, 0) is 35.2 Å². The number of hydrogen-bond acceptors (Lipinski definition) is 7. The highest BCUT2D eigenvalue weighted by Crippen LogP contribution is 2.65. The number of nitrogens with zero attached hydrogens (tertiary/aromatic N) is 2. The van der Waals surface area contributed by atoms with E-state index in [0.717, 1.165) is 53.4 Å². The monoisotopic (exact) mass is 684 g/mol. The predicted molar refractivity (Wildman–Crippen MR) is 176 cm³/mol. The third kappa shape index (κ3) is 5.70. The van der Waals surface area contributed by atoms with Crippen molar-refractivity contribution < 1.29 is 36.6 Å². The highest BCUT2D eigenvalue weighted by atomic mass is 28.4. The fraction of sp³-hybridized carbons (Fsp3) is 0.649. The zero-order valence-electron chi connectivity index (χ0n) is 29.3. The molecule has 1 saturated carbocycles. The van der Waals surface area contributed by atoms with Gasteiger partial charge >= 0.3 is 12.1 Å². The summed E-state index contributed by atoms with van der Waals surface area (Å²) < 4.78 is 68.1. The Balaban J connectivity index is 1.67. The SMILES string of the molecule is CC(=O)O[C@H]1c2nc(C(C)C)c3c(c2C(O[Si](C)(C)C(C)(C)C)CC12CCC2)C1(CCOCC1)O[C@@H]3c1ccc(C(F)(F)F)c(C#N)c1. The van der Waals surface area contributed by atoms with Crippen LogP contribution in [0.2, 0.25) is 18.1 Å². The minimum absolute atomic E-state index is 0.0789. The topological polar surface area (TPSA) is 90.7 Å². The normalized spacial score (nSPS) is 24.6. The summed E-state index contributed by atoms with van der Waals surface area (Å²) >= 11 is 0. The Morgan fingerprint density at radius 2 is 1.77 bits per heavy atom. The minimum atomic E-state index is -4.67. The maximum absolute atomic E-state index is 13.9. The molecule has 0 N–H and O–H groups in total. The van der Waals surface area contributed by atoms with Gasteiger partial charge in [0.05, 0.1) is 34.6 Å². The first kappa shape index (κ1) is 35.1. The van der Waals surface area contributed by atoms with Crippen LogP contribution in [0, 0.1) is 16.7 Å². The molecule has 0 radical (unpaired) electrons. The van der Waals surface area contributed by atoms with E-state index in [-0.39, 0.29) is 28.4 Å². The Hall–Kier alpha value is -2.78. The number of alkyl halides is 3. The van der Waals surface area contributed by atoms with Crippen LogP contribution >= 0.6 is 0 Å². The summed E-state index contributed by atoms with van der Waals surface area (Å²) in [5.74, 6) is -0.454. The number of benzene rings is 1. The molecule has 0 bridgehead atoms. The molecule has 260 valence electrons. The second-order valence-electron chi connectivity index (χ2n) is 16.0. The van der Waals surface area contributed by atoms with Crippen molar-refractivity contribution in [2.75, 3.05) is 13.2 Å². The molecule has 3 atom stereocenters. The summed E-state index contributed by atoms with van der Waals surface area (Å²) in [6.45, 7) is 17.5. The average molecular weight is 685 g/mol. The molecule has 0 amide bonds. The fourth-order valence-corrected chi connectivity index (χ4v) is 9.30. The van der Waals surface area contributed by atoms with E-state index < -0.39 is 43.4 Å². The molecule has 48 heavy (non-hydrogen) atoms. The maximum Gasteiger partial charge on any atom is 0.417 e. The Kier molecular flexibility index (Phi) is 8.71. The number of carbonyl (C=O) groups excluding carboxylic acids is 1. The second-order valence-corrected chi connectivity index (χ2v) is 20.8. The van der Waals surface area contributed by atoms with Crippen LogP contribution in [0.4, 0.5) is 13.2 Å². The number of halogens is 3. The molecule has 2 aliphatic carbocycles. The molecule has 7 nitrogen and oxygen atoms in total. The van der Waals surface area contributed by atoms with Crippen molar-refractivity contribution in [2.24, 2.45) is 5.41 Å². The first-order chi connectivity index (χ1) is 22.3. The number of esters is 1. The summed E-state index contributed by atoms with van der Waals surface area (Å²) in [4.78, 5) is 18.1. The van der Waals surface area contributed by atoms with Gasteiger partial charge in [0.2, 0.25) is 0 Å². The van der Waals surface area contributed by atoms with Gasteiger partial charge in [-0.05, 0) is 66.6 Å². The highest BCUT2D eigenvalue weighted by Gasteiger charge is 2.59. The lowest BCUT2D eigenvalue weighted by molar-refractivity contribution is -0.167. The number of rotatable bonds is 5. The molecule has 2 fully saturated rings. The van der Waals surface area contributed by atoms with E-state index in [2.05, 4.69) is 33.9 Å². The van der Waals surface area contributed by atoms with E-state index in [0.29, 0.717) is 38.0 Å². The number of hydrogen-bond donors (Lipinski definition) is 0. The van der Waals surface area contributed by atoms with E-state index in [1.54, 1.807) is 6.07 Å². The van der Waals surface area contributed by atoms with Gasteiger partial charge in [-0.1, -0.05) is 47.1 Å². The molecule has 1 aromatic heterocycles. The molecule has 2 spiro atoms. The second kappa shape index (κ2) is 11.9. The molecule has 6 rings (SSSR count). The van der Waals surface area contributed by atoms with Gasteiger partial charge in [0.25, 0.3) is 0 Å². The molecular weight excluding hydrogens is 637 g/mol. The molecule has 11 heteroatoms. The molecular formula is C37H47F3N2O5Si. The zero-order valence-corrected chi connectivity index (χ0v) is 30.3. The first-order valence-corrected chi connectivity index (χ1v) is 20.0. The van der Waals surface area contributed by atoms with E-state index in [1.807, 2.05) is 13.8 Å². The van der Waals surface area contributed by atoms with Crippen LogP contribution in [0.5, 0.6) is 0 Å². The summed E-state index contributed by atoms with van der Waals surface area (Å²) in [5.41, 5.74) is 2.09. The molecule has 1 aromatic carbocycles. The Labute approximate surface area is 282 Å². The average Bonchev–Trinajstić information content (AvgIpc) is 3.29. The van der Waals surface area contributed by atoms with Crippen LogP contribution < -0.4 is 0 Å². The molecule has 3 heterocycles. The summed E-state index contributed by atoms with van der Waals surface area (Å²) in [5, 5.41) is 9.72. The van der Waals surface area contributed by atoms with Gasteiger partial charge in [-0.25, -0.2) is 0 Å². The molecule has 1 saturated heterocycles. The minimum Gasteiger partial charge on any atom is -0.455 e. The third-order valence-corrected chi connectivity index (χ3v) is 16.1. The lowest BCUT2D eigenvalue weighted by atomic mass is 9.57. The van der Waals surface area contributed by atoms with Gasteiger partial charge in [-0.15, -0.1) is 0 Å². The Morgan fingerprint density at radius 3 is 2.29 bits per heavy atom. The Bertz CT molecular complexity index is 1650. The van der Waals surface area contributed by atoms with Gasteiger partial charge in [0.1, 0.15) is 12.2 Å². The van der Waals surface area contributed by atoms with E-state index in [1.165, 1.54) is 19.1 Å². The van der Waals surface area contributed by atoms with Gasteiger partial charge in [0, 0.05) is 55.2 Å².